The Hall–Kier alpha value is -2.85. The van der Waals surface area contributed by atoms with Crippen molar-refractivity contribution in [3.8, 4) is 5.75 Å². The van der Waals surface area contributed by atoms with E-state index in [1.54, 1.807) is 4.90 Å². The number of fused-ring (bicyclic) bond motifs is 1. The van der Waals surface area contributed by atoms with Crippen molar-refractivity contribution in [2.45, 2.75) is 63.6 Å². The molecule has 1 aliphatic heterocycles. The van der Waals surface area contributed by atoms with Gasteiger partial charge in [-0.3, -0.25) is 4.79 Å². The molecule has 1 aromatic carbocycles. The van der Waals surface area contributed by atoms with Gasteiger partial charge in [-0.05, 0) is 43.9 Å². The van der Waals surface area contributed by atoms with Gasteiger partial charge in [0.25, 0.3) is 11.9 Å². The quantitative estimate of drug-likeness (QED) is 0.504. The lowest BCUT2D eigenvalue weighted by Gasteiger charge is -2.17. The van der Waals surface area contributed by atoms with Crippen LogP contribution >= 0.6 is 0 Å². The summed E-state index contributed by atoms with van der Waals surface area (Å²) in [6, 6.07) is 1.70. The molecular weight excluding hydrogens is 473 g/mol. The molecule has 1 aromatic heterocycles. The van der Waals surface area contributed by atoms with E-state index in [9.17, 15) is 26.7 Å². The highest BCUT2D eigenvalue weighted by molar-refractivity contribution is 6.03. The molecule has 3 aliphatic rings. The summed E-state index contributed by atoms with van der Waals surface area (Å²) in [4.78, 5) is 18.6. The van der Waals surface area contributed by atoms with Gasteiger partial charge in [-0.2, -0.15) is 18.2 Å². The van der Waals surface area contributed by atoms with E-state index in [1.165, 1.54) is 0 Å². The lowest BCUT2D eigenvalue weighted by atomic mass is 10.2. The number of hydrogen-bond donors (Lipinski definition) is 1. The smallest absolute Gasteiger partial charge is 0.396 e. The number of carbonyl (C=O) groups excluding carboxylic acids is 1. The molecule has 2 saturated carbocycles. The SMILES string of the molecule is O=C(Nc1cc(F)c(OC2CC3C[C@H]3C2)c(F)c1)c1nc(N2CCCCCC2)oc1CC(F)(F)F. The number of amides is 1. The fourth-order valence-corrected chi connectivity index (χ4v) is 5.07. The summed E-state index contributed by atoms with van der Waals surface area (Å²) in [6.45, 7) is 1.10. The molecule has 6 nitrogen and oxygen atoms in total. The Kier molecular flexibility index (Phi) is 6.35. The number of hydrogen-bond acceptors (Lipinski definition) is 5. The summed E-state index contributed by atoms with van der Waals surface area (Å²) in [5, 5.41) is 2.25. The molecule has 35 heavy (non-hydrogen) atoms. The molecule has 1 saturated heterocycles. The van der Waals surface area contributed by atoms with E-state index >= 15 is 0 Å². The number of rotatable bonds is 6. The fourth-order valence-electron chi connectivity index (χ4n) is 5.07. The largest absolute Gasteiger partial charge is 0.484 e. The number of halogens is 5. The minimum absolute atomic E-state index is 0.0629. The van der Waals surface area contributed by atoms with Gasteiger partial charge in [0.05, 0.1) is 6.10 Å². The van der Waals surface area contributed by atoms with E-state index in [2.05, 4.69) is 10.3 Å². The molecule has 11 heteroatoms. The second kappa shape index (κ2) is 9.31. The van der Waals surface area contributed by atoms with E-state index in [0.717, 1.165) is 57.1 Å². The first-order chi connectivity index (χ1) is 16.7. The molecule has 1 amide bonds. The number of anilines is 2. The molecule has 0 spiro atoms. The standard InChI is InChI=1S/C24H26F5N3O3/c25-17-10-15(11-18(26)21(17)34-16-8-13-7-14(13)9-16)30-22(33)20-19(12-24(27,28)29)35-23(31-20)32-5-3-1-2-4-6-32/h10-11,13-14,16H,1-9,12H2,(H,30,33)/t13-,14?,16?/m0/s1. The lowest BCUT2D eigenvalue weighted by molar-refractivity contribution is -0.130. The number of benzene rings is 1. The molecule has 2 heterocycles. The van der Waals surface area contributed by atoms with Crippen molar-refractivity contribution in [1.29, 1.82) is 0 Å². The van der Waals surface area contributed by atoms with Crippen molar-refractivity contribution < 1.29 is 35.9 Å². The van der Waals surface area contributed by atoms with Crippen LogP contribution in [0.1, 0.15) is 61.2 Å². The molecule has 3 atom stereocenters. The normalized spacial score (nSPS) is 24.1. The third-order valence-corrected chi connectivity index (χ3v) is 6.88. The van der Waals surface area contributed by atoms with Gasteiger partial charge in [-0.25, -0.2) is 8.78 Å². The summed E-state index contributed by atoms with van der Waals surface area (Å²) in [5.41, 5.74) is -0.822. The highest BCUT2D eigenvalue weighted by Crippen LogP contribution is 2.52. The van der Waals surface area contributed by atoms with Crippen LogP contribution in [0, 0.1) is 23.5 Å². The fraction of sp³-hybridized carbons (Fsp3) is 0.583. The monoisotopic (exact) mass is 499 g/mol. The Morgan fingerprint density at radius 1 is 1.06 bits per heavy atom. The third kappa shape index (κ3) is 5.54. The van der Waals surface area contributed by atoms with Crippen LogP contribution in [0.4, 0.5) is 33.7 Å². The highest BCUT2D eigenvalue weighted by Gasteiger charge is 2.47. The number of carbonyl (C=O) groups is 1. The maximum absolute atomic E-state index is 14.6. The zero-order valence-electron chi connectivity index (χ0n) is 19.0. The van der Waals surface area contributed by atoms with Crippen molar-refractivity contribution >= 4 is 17.6 Å². The first-order valence-corrected chi connectivity index (χ1v) is 11.9. The zero-order valence-corrected chi connectivity index (χ0v) is 19.0. The van der Waals surface area contributed by atoms with Crippen LogP contribution in [0.25, 0.3) is 0 Å². The Labute approximate surface area is 198 Å². The molecule has 190 valence electrons. The summed E-state index contributed by atoms with van der Waals surface area (Å²) in [7, 11) is 0. The number of aromatic nitrogens is 1. The van der Waals surface area contributed by atoms with Crippen LogP contribution in [-0.2, 0) is 6.42 Å². The van der Waals surface area contributed by atoms with Crippen molar-refractivity contribution in [2.75, 3.05) is 23.3 Å². The predicted octanol–water partition coefficient (Wildman–Crippen LogP) is 5.87. The second-order valence-corrected chi connectivity index (χ2v) is 9.65. The minimum atomic E-state index is -4.64. The van der Waals surface area contributed by atoms with Crippen LogP contribution in [0.3, 0.4) is 0 Å². The molecule has 2 aromatic rings. The van der Waals surface area contributed by atoms with Crippen LogP contribution in [0.5, 0.6) is 5.75 Å². The number of ether oxygens (including phenoxy) is 1. The number of nitrogens with zero attached hydrogens (tertiary/aromatic N) is 2. The van der Waals surface area contributed by atoms with E-state index in [4.69, 9.17) is 9.15 Å². The Balaban J connectivity index is 1.34. The topological polar surface area (TPSA) is 67.6 Å². The van der Waals surface area contributed by atoms with Gasteiger partial charge >= 0.3 is 6.18 Å². The van der Waals surface area contributed by atoms with Gasteiger partial charge in [0.15, 0.2) is 23.1 Å². The molecule has 2 unspecified atom stereocenters. The molecule has 1 N–H and O–H groups in total. The highest BCUT2D eigenvalue weighted by atomic mass is 19.4. The summed E-state index contributed by atoms with van der Waals surface area (Å²) < 4.78 is 79.5. The Bertz CT molecular complexity index is 1060. The molecule has 5 rings (SSSR count). The summed E-state index contributed by atoms with van der Waals surface area (Å²) in [5.74, 6) is -3.07. The Morgan fingerprint density at radius 3 is 2.29 bits per heavy atom. The number of alkyl halides is 3. The summed E-state index contributed by atoms with van der Waals surface area (Å²) >= 11 is 0. The first-order valence-electron chi connectivity index (χ1n) is 11.9. The molecule has 2 aliphatic carbocycles. The number of oxazole rings is 1. The van der Waals surface area contributed by atoms with Gasteiger partial charge in [0, 0.05) is 30.9 Å². The first kappa shape index (κ1) is 23.9. The van der Waals surface area contributed by atoms with Gasteiger partial charge in [0.1, 0.15) is 12.2 Å². The van der Waals surface area contributed by atoms with Crippen LogP contribution in [0.2, 0.25) is 0 Å². The minimum Gasteiger partial charge on any atom is -0.484 e. The van der Waals surface area contributed by atoms with E-state index in [-0.39, 0.29) is 17.8 Å². The van der Waals surface area contributed by atoms with Gasteiger partial charge in [-0.1, -0.05) is 12.8 Å². The van der Waals surface area contributed by atoms with Crippen molar-refractivity contribution in [3.05, 3.63) is 35.2 Å². The van der Waals surface area contributed by atoms with Crippen molar-refractivity contribution in [1.82, 2.24) is 4.98 Å². The molecule has 0 radical (unpaired) electrons. The van der Waals surface area contributed by atoms with Crippen LogP contribution in [0.15, 0.2) is 16.5 Å². The third-order valence-electron chi connectivity index (χ3n) is 6.88. The van der Waals surface area contributed by atoms with Crippen LogP contribution < -0.4 is 15.0 Å². The average Bonchev–Trinajstić information content (AvgIpc) is 3.31. The van der Waals surface area contributed by atoms with Gasteiger partial charge in [0.2, 0.25) is 0 Å². The van der Waals surface area contributed by atoms with Crippen molar-refractivity contribution in [3.63, 3.8) is 0 Å². The maximum Gasteiger partial charge on any atom is 0.396 e. The molecule has 0 bridgehead atoms. The second-order valence-electron chi connectivity index (χ2n) is 9.65. The molecule has 3 fully saturated rings. The number of nitrogens with one attached hydrogen (secondary N) is 1. The maximum atomic E-state index is 14.6. The Morgan fingerprint density at radius 2 is 1.69 bits per heavy atom. The van der Waals surface area contributed by atoms with E-state index in [1.807, 2.05) is 0 Å². The molecular formula is C24H26F5N3O3. The lowest BCUT2D eigenvalue weighted by Crippen LogP contribution is -2.24. The predicted molar refractivity (Wildman–Crippen MR) is 117 cm³/mol. The van der Waals surface area contributed by atoms with E-state index < -0.39 is 47.3 Å². The van der Waals surface area contributed by atoms with E-state index in [0.29, 0.717) is 24.9 Å². The zero-order chi connectivity index (χ0) is 24.7. The van der Waals surface area contributed by atoms with Crippen molar-refractivity contribution in [2.24, 2.45) is 11.8 Å². The summed E-state index contributed by atoms with van der Waals surface area (Å²) in [6.07, 6.45) is -0.101. The van der Waals surface area contributed by atoms with Crippen LogP contribution in [-0.4, -0.2) is 36.3 Å². The van der Waals surface area contributed by atoms with Gasteiger partial charge in [-0.15, -0.1) is 0 Å². The average molecular weight is 499 g/mol. The van der Waals surface area contributed by atoms with Gasteiger partial charge < -0.3 is 19.4 Å².